The maximum absolute atomic E-state index is 8.38. The first kappa shape index (κ1) is 10.1. The van der Waals surface area contributed by atoms with Crippen LogP contribution in [-0.2, 0) is 0 Å². The number of hydrogen-bond donors (Lipinski definition) is 1. The summed E-state index contributed by atoms with van der Waals surface area (Å²) in [4.78, 5) is 0. The number of allylic oxidation sites excluding steroid dienone is 1. The molecule has 0 bridgehead atoms. The summed E-state index contributed by atoms with van der Waals surface area (Å²) in [5.74, 6) is 0. The molecule has 0 saturated carbocycles. The summed E-state index contributed by atoms with van der Waals surface area (Å²) in [5, 5.41) is 8.91. The fourth-order valence-electron chi connectivity index (χ4n) is 0.871. The molecule has 0 heterocycles. The van der Waals surface area contributed by atoms with Crippen molar-refractivity contribution in [2.75, 3.05) is 0 Å². The van der Waals surface area contributed by atoms with Gasteiger partial charge in [0.2, 0.25) is 0 Å². The van der Waals surface area contributed by atoms with Crippen molar-refractivity contribution < 1.29 is 0 Å². The average Bonchev–Trinajstić information content (AvgIpc) is 2.04. The van der Waals surface area contributed by atoms with Crippen LogP contribution in [0.3, 0.4) is 0 Å². The summed E-state index contributed by atoms with van der Waals surface area (Å²) in [6, 6.07) is 7.16. The lowest BCUT2D eigenvalue weighted by Gasteiger charge is -2.02. The highest BCUT2D eigenvalue weighted by Crippen LogP contribution is 2.24. The smallest absolute Gasteiger partial charge is 0.0933 e. The standard InChI is InChI=1S/C9H6BrClN2/c10-6-1-2-7(8(11)5-6)9(13)3-4-12/h1-3,5H,13H2. The summed E-state index contributed by atoms with van der Waals surface area (Å²) < 4.78 is 0.881. The number of nitrogens with zero attached hydrogens (tertiary/aromatic N) is 1. The van der Waals surface area contributed by atoms with Crippen molar-refractivity contribution in [2.45, 2.75) is 0 Å². The molecule has 66 valence electrons. The minimum absolute atomic E-state index is 0.375. The second-order valence-electron chi connectivity index (χ2n) is 2.35. The summed E-state index contributed by atoms with van der Waals surface area (Å²) in [5.41, 5.74) is 6.64. The Morgan fingerprint density at radius 1 is 1.62 bits per heavy atom. The van der Waals surface area contributed by atoms with Crippen LogP contribution in [0.5, 0.6) is 0 Å². The van der Waals surface area contributed by atoms with Crippen molar-refractivity contribution in [3.8, 4) is 6.07 Å². The van der Waals surface area contributed by atoms with E-state index >= 15 is 0 Å². The Morgan fingerprint density at radius 2 is 2.31 bits per heavy atom. The molecule has 0 radical (unpaired) electrons. The SMILES string of the molecule is N#CC=C(N)c1ccc(Br)cc1Cl. The van der Waals surface area contributed by atoms with E-state index in [1.807, 2.05) is 12.1 Å². The Labute approximate surface area is 89.7 Å². The molecule has 0 atom stereocenters. The van der Waals surface area contributed by atoms with Gasteiger partial charge in [-0.3, -0.25) is 0 Å². The highest BCUT2D eigenvalue weighted by Gasteiger charge is 2.02. The lowest BCUT2D eigenvalue weighted by molar-refractivity contribution is 1.48. The fourth-order valence-corrected chi connectivity index (χ4v) is 1.65. The molecule has 2 N–H and O–H groups in total. The van der Waals surface area contributed by atoms with Gasteiger partial charge in [0.25, 0.3) is 0 Å². The Bertz CT molecular complexity index is 393. The van der Waals surface area contributed by atoms with E-state index in [-0.39, 0.29) is 0 Å². The zero-order valence-electron chi connectivity index (χ0n) is 6.59. The zero-order valence-corrected chi connectivity index (χ0v) is 8.93. The van der Waals surface area contributed by atoms with E-state index in [4.69, 9.17) is 22.6 Å². The molecule has 0 unspecified atom stereocenters. The van der Waals surface area contributed by atoms with Gasteiger partial charge in [0.1, 0.15) is 0 Å². The number of benzene rings is 1. The second-order valence-corrected chi connectivity index (χ2v) is 3.68. The molecule has 1 aromatic rings. The second kappa shape index (κ2) is 4.31. The molecule has 1 rings (SSSR count). The van der Waals surface area contributed by atoms with E-state index in [9.17, 15) is 0 Å². The topological polar surface area (TPSA) is 49.8 Å². The van der Waals surface area contributed by atoms with Gasteiger partial charge in [-0.1, -0.05) is 33.6 Å². The number of nitriles is 1. The van der Waals surface area contributed by atoms with E-state index in [1.54, 1.807) is 12.1 Å². The van der Waals surface area contributed by atoms with E-state index in [2.05, 4.69) is 15.9 Å². The Balaban J connectivity index is 3.18. The maximum atomic E-state index is 8.38. The van der Waals surface area contributed by atoms with Crippen molar-refractivity contribution in [3.63, 3.8) is 0 Å². The Hall–Kier alpha value is -0.980. The maximum Gasteiger partial charge on any atom is 0.0933 e. The summed E-state index contributed by atoms with van der Waals surface area (Å²) >= 11 is 9.17. The van der Waals surface area contributed by atoms with Gasteiger partial charge in [-0.05, 0) is 12.1 Å². The van der Waals surface area contributed by atoms with Crippen LogP contribution >= 0.6 is 27.5 Å². The van der Waals surface area contributed by atoms with Crippen LogP contribution in [0, 0.1) is 11.3 Å². The molecule has 13 heavy (non-hydrogen) atoms. The minimum Gasteiger partial charge on any atom is -0.398 e. The van der Waals surface area contributed by atoms with E-state index in [0.717, 1.165) is 4.47 Å². The van der Waals surface area contributed by atoms with Crippen molar-refractivity contribution in [3.05, 3.63) is 39.3 Å². The molecule has 0 aliphatic heterocycles. The van der Waals surface area contributed by atoms with Crippen molar-refractivity contribution in [1.29, 1.82) is 5.26 Å². The van der Waals surface area contributed by atoms with Crippen LogP contribution in [0.15, 0.2) is 28.7 Å². The largest absolute Gasteiger partial charge is 0.398 e. The van der Waals surface area contributed by atoms with Crippen molar-refractivity contribution in [2.24, 2.45) is 5.73 Å². The molecule has 4 heteroatoms. The average molecular weight is 258 g/mol. The lowest BCUT2D eigenvalue weighted by Crippen LogP contribution is -1.96. The summed E-state index contributed by atoms with van der Waals surface area (Å²) in [6.45, 7) is 0. The normalized spacial score (nSPS) is 11.0. The van der Waals surface area contributed by atoms with Gasteiger partial charge in [-0.2, -0.15) is 5.26 Å². The third-order valence-corrected chi connectivity index (χ3v) is 2.27. The molecule has 1 aromatic carbocycles. The number of nitrogens with two attached hydrogens (primary N) is 1. The highest BCUT2D eigenvalue weighted by molar-refractivity contribution is 9.10. The van der Waals surface area contributed by atoms with Gasteiger partial charge in [0, 0.05) is 16.1 Å². The molecule has 2 nitrogen and oxygen atoms in total. The van der Waals surface area contributed by atoms with E-state index in [1.165, 1.54) is 6.08 Å². The molecule has 0 spiro atoms. The molecule has 0 aliphatic rings. The molecule has 0 fully saturated rings. The van der Waals surface area contributed by atoms with Gasteiger partial charge in [-0.15, -0.1) is 0 Å². The minimum atomic E-state index is 0.375. The molecular weight excluding hydrogens is 251 g/mol. The zero-order chi connectivity index (χ0) is 9.84. The number of halogens is 2. The van der Waals surface area contributed by atoms with Crippen molar-refractivity contribution in [1.82, 2.24) is 0 Å². The molecular formula is C9H6BrClN2. The summed E-state index contributed by atoms with van der Waals surface area (Å²) in [6.07, 6.45) is 1.26. The van der Waals surface area contributed by atoms with Gasteiger partial charge < -0.3 is 5.73 Å². The Morgan fingerprint density at radius 3 is 2.85 bits per heavy atom. The first-order chi connectivity index (χ1) is 6.15. The van der Waals surface area contributed by atoms with Crippen molar-refractivity contribution >= 4 is 33.2 Å². The summed E-state index contributed by atoms with van der Waals surface area (Å²) in [7, 11) is 0. The third kappa shape index (κ3) is 2.48. The number of rotatable bonds is 1. The predicted molar refractivity (Wildman–Crippen MR) is 56.9 cm³/mol. The molecule has 0 aliphatic carbocycles. The van der Waals surface area contributed by atoms with Gasteiger partial charge >= 0.3 is 0 Å². The Kier molecular flexibility index (Phi) is 3.35. The first-order valence-electron chi connectivity index (χ1n) is 3.46. The van der Waals surface area contributed by atoms with E-state index < -0.39 is 0 Å². The third-order valence-electron chi connectivity index (χ3n) is 1.46. The van der Waals surface area contributed by atoms with Crippen LogP contribution < -0.4 is 5.73 Å². The van der Waals surface area contributed by atoms with Crippen LogP contribution in [0.4, 0.5) is 0 Å². The molecule has 0 amide bonds. The van der Waals surface area contributed by atoms with Crippen LogP contribution in [0.2, 0.25) is 5.02 Å². The fraction of sp³-hybridized carbons (Fsp3) is 0. The van der Waals surface area contributed by atoms with E-state index in [0.29, 0.717) is 16.3 Å². The predicted octanol–water partition coefficient (Wildman–Crippen LogP) is 2.93. The van der Waals surface area contributed by atoms with Crippen LogP contribution in [-0.4, -0.2) is 0 Å². The molecule has 0 aromatic heterocycles. The highest BCUT2D eigenvalue weighted by atomic mass is 79.9. The van der Waals surface area contributed by atoms with Gasteiger partial charge in [0.15, 0.2) is 0 Å². The van der Waals surface area contributed by atoms with Crippen LogP contribution in [0.25, 0.3) is 5.70 Å². The first-order valence-corrected chi connectivity index (χ1v) is 4.63. The quantitative estimate of drug-likeness (QED) is 0.787. The van der Waals surface area contributed by atoms with Gasteiger partial charge in [0.05, 0.1) is 16.8 Å². The van der Waals surface area contributed by atoms with Crippen LogP contribution in [0.1, 0.15) is 5.56 Å². The lowest BCUT2D eigenvalue weighted by atomic mass is 10.1. The number of hydrogen-bond acceptors (Lipinski definition) is 2. The monoisotopic (exact) mass is 256 g/mol. The van der Waals surface area contributed by atoms with Gasteiger partial charge in [-0.25, -0.2) is 0 Å². The molecule has 0 saturated heterocycles.